The Bertz CT molecular complexity index is 555. The predicted molar refractivity (Wildman–Crippen MR) is 83.7 cm³/mol. The van der Waals surface area contributed by atoms with Crippen LogP contribution in [0.4, 0.5) is 17.1 Å². The largest absolute Gasteiger partial charge is 0.397 e. The quantitative estimate of drug-likeness (QED) is 0.647. The molecule has 0 bridgehead atoms. The lowest BCUT2D eigenvalue weighted by Gasteiger charge is -2.11. The Balaban J connectivity index is 2.34. The van der Waals surface area contributed by atoms with Crippen molar-refractivity contribution in [1.82, 2.24) is 0 Å². The minimum atomic E-state index is 0.700. The molecule has 0 spiro atoms. The number of hydrogen-bond donors (Lipinski definition) is 2. The highest BCUT2D eigenvalue weighted by atomic mass is 79.9. The standard InChI is InChI=1S/C12H9Br3N2/c13-7-2-4-11(10(16)5-7)17-12-6-8(14)1-3-9(12)15/h1-6,17H,16H2. The van der Waals surface area contributed by atoms with E-state index in [1.165, 1.54) is 0 Å². The normalized spacial score (nSPS) is 10.3. The van der Waals surface area contributed by atoms with Gasteiger partial charge in [-0.3, -0.25) is 0 Å². The summed E-state index contributed by atoms with van der Waals surface area (Å²) in [4.78, 5) is 0. The zero-order chi connectivity index (χ0) is 12.4. The molecule has 0 unspecified atom stereocenters. The van der Waals surface area contributed by atoms with Gasteiger partial charge in [-0.15, -0.1) is 0 Å². The molecule has 0 aliphatic carbocycles. The summed E-state index contributed by atoms with van der Waals surface area (Å²) < 4.78 is 2.97. The maximum absolute atomic E-state index is 5.94. The maximum Gasteiger partial charge on any atom is 0.0619 e. The van der Waals surface area contributed by atoms with Crippen molar-refractivity contribution in [3.8, 4) is 0 Å². The Labute approximate surface area is 125 Å². The minimum Gasteiger partial charge on any atom is -0.397 e. The number of halogens is 3. The molecule has 17 heavy (non-hydrogen) atoms. The smallest absolute Gasteiger partial charge is 0.0619 e. The van der Waals surface area contributed by atoms with Crippen molar-refractivity contribution >= 4 is 64.9 Å². The van der Waals surface area contributed by atoms with Gasteiger partial charge in [-0.2, -0.15) is 0 Å². The first-order chi connectivity index (χ1) is 8.06. The van der Waals surface area contributed by atoms with Crippen LogP contribution >= 0.6 is 47.8 Å². The van der Waals surface area contributed by atoms with E-state index in [0.717, 1.165) is 24.8 Å². The van der Waals surface area contributed by atoms with Gasteiger partial charge >= 0.3 is 0 Å². The summed E-state index contributed by atoms with van der Waals surface area (Å²) in [6, 6.07) is 11.7. The Hall–Kier alpha value is -0.520. The number of nitrogens with two attached hydrogens (primary N) is 1. The molecule has 88 valence electrons. The molecular formula is C12H9Br3N2. The summed E-state index contributed by atoms with van der Waals surface area (Å²) in [6.45, 7) is 0. The molecule has 2 rings (SSSR count). The van der Waals surface area contributed by atoms with Crippen LogP contribution in [-0.4, -0.2) is 0 Å². The number of rotatable bonds is 2. The summed E-state index contributed by atoms with van der Waals surface area (Å²) >= 11 is 10.3. The molecule has 2 aromatic rings. The van der Waals surface area contributed by atoms with Crippen molar-refractivity contribution in [2.24, 2.45) is 0 Å². The number of anilines is 3. The Morgan fingerprint density at radius 3 is 2.18 bits per heavy atom. The fourth-order valence-corrected chi connectivity index (χ4v) is 2.47. The fourth-order valence-electron chi connectivity index (χ4n) is 1.39. The molecule has 0 aromatic heterocycles. The van der Waals surface area contributed by atoms with E-state index in [2.05, 4.69) is 53.1 Å². The molecule has 0 saturated heterocycles. The van der Waals surface area contributed by atoms with Crippen LogP contribution in [0.2, 0.25) is 0 Å². The number of benzene rings is 2. The summed E-state index contributed by atoms with van der Waals surface area (Å²) in [5.41, 5.74) is 8.49. The van der Waals surface area contributed by atoms with Gasteiger partial charge in [0.15, 0.2) is 0 Å². The van der Waals surface area contributed by atoms with Crippen LogP contribution in [0.15, 0.2) is 49.8 Å². The molecular weight excluding hydrogens is 412 g/mol. The lowest BCUT2D eigenvalue weighted by molar-refractivity contribution is 1.50. The first-order valence-corrected chi connectivity index (χ1v) is 7.21. The first-order valence-electron chi connectivity index (χ1n) is 4.83. The van der Waals surface area contributed by atoms with E-state index in [-0.39, 0.29) is 0 Å². The summed E-state index contributed by atoms with van der Waals surface area (Å²) in [5.74, 6) is 0. The minimum absolute atomic E-state index is 0.700. The van der Waals surface area contributed by atoms with Crippen LogP contribution in [0.1, 0.15) is 0 Å². The van der Waals surface area contributed by atoms with Crippen molar-refractivity contribution in [3.63, 3.8) is 0 Å². The molecule has 2 nitrogen and oxygen atoms in total. The van der Waals surface area contributed by atoms with Crippen molar-refractivity contribution in [1.29, 1.82) is 0 Å². The van der Waals surface area contributed by atoms with E-state index in [4.69, 9.17) is 5.73 Å². The van der Waals surface area contributed by atoms with E-state index in [1.54, 1.807) is 0 Å². The Morgan fingerprint density at radius 1 is 0.824 bits per heavy atom. The molecule has 0 aliphatic heterocycles. The molecule has 2 aromatic carbocycles. The van der Waals surface area contributed by atoms with Crippen molar-refractivity contribution in [2.75, 3.05) is 11.1 Å². The SMILES string of the molecule is Nc1cc(Br)ccc1Nc1cc(Br)ccc1Br. The highest BCUT2D eigenvalue weighted by Crippen LogP contribution is 2.32. The highest BCUT2D eigenvalue weighted by molar-refractivity contribution is 9.11. The van der Waals surface area contributed by atoms with Gasteiger partial charge in [-0.05, 0) is 52.3 Å². The van der Waals surface area contributed by atoms with Crippen LogP contribution in [0.25, 0.3) is 0 Å². The van der Waals surface area contributed by atoms with Crippen molar-refractivity contribution < 1.29 is 0 Å². The van der Waals surface area contributed by atoms with Gasteiger partial charge in [-0.1, -0.05) is 31.9 Å². The van der Waals surface area contributed by atoms with Gasteiger partial charge in [0.05, 0.1) is 17.1 Å². The van der Waals surface area contributed by atoms with E-state index >= 15 is 0 Å². The molecule has 0 radical (unpaired) electrons. The van der Waals surface area contributed by atoms with E-state index in [1.807, 2.05) is 36.4 Å². The second-order valence-electron chi connectivity index (χ2n) is 3.48. The molecule has 0 amide bonds. The van der Waals surface area contributed by atoms with Crippen LogP contribution in [-0.2, 0) is 0 Å². The molecule has 3 N–H and O–H groups in total. The molecule has 0 heterocycles. The van der Waals surface area contributed by atoms with Gasteiger partial charge in [0.25, 0.3) is 0 Å². The molecule has 0 fully saturated rings. The summed E-state index contributed by atoms with van der Waals surface area (Å²) in [6.07, 6.45) is 0. The number of nitrogens with one attached hydrogen (secondary N) is 1. The zero-order valence-electron chi connectivity index (χ0n) is 8.68. The van der Waals surface area contributed by atoms with Crippen LogP contribution < -0.4 is 11.1 Å². The third-order valence-electron chi connectivity index (χ3n) is 2.21. The molecule has 5 heteroatoms. The van der Waals surface area contributed by atoms with Gasteiger partial charge < -0.3 is 11.1 Å². The Kier molecular flexibility index (Phi) is 4.12. The third kappa shape index (κ3) is 3.24. The van der Waals surface area contributed by atoms with Crippen LogP contribution in [0.5, 0.6) is 0 Å². The van der Waals surface area contributed by atoms with E-state index in [0.29, 0.717) is 5.69 Å². The topological polar surface area (TPSA) is 38.0 Å². The second kappa shape index (κ2) is 5.42. The first kappa shape index (κ1) is 12.9. The van der Waals surface area contributed by atoms with Gasteiger partial charge in [0.2, 0.25) is 0 Å². The van der Waals surface area contributed by atoms with Gasteiger partial charge in [-0.25, -0.2) is 0 Å². The van der Waals surface area contributed by atoms with Crippen molar-refractivity contribution in [3.05, 3.63) is 49.8 Å². The fraction of sp³-hybridized carbons (Fsp3) is 0. The summed E-state index contributed by atoms with van der Waals surface area (Å²) in [5, 5.41) is 3.29. The summed E-state index contributed by atoms with van der Waals surface area (Å²) in [7, 11) is 0. The highest BCUT2D eigenvalue weighted by Gasteiger charge is 2.04. The second-order valence-corrected chi connectivity index (χ2v) is 6.17. The number of hydrogen-bond acceptors (Lipinski definition) is 2. The van der Waals surface area contributed by atoms with E-state index < -0.39 is 0 Å². The zero-order valence-corrected chi connectivity index (χ0v) is 13.4. The monoisotopic (exact) mass is 418 g/mol. The van der Waals surface area contributed by atoms with Crippen molar-refractivity contribution in [2.45, 2.75) is 0 Å². The molecule has 0 saturated carbocycles. The lowest BCUT2D eigenvalue weighted by Crippen LogP contribution is -1.96. The van der Waals surface area contributed by atoms with Crippen LogP contribution in [0.3, 0.4) is 0 Å². The average Bonchev–Trinajstić information content (AvgIpc) is 2.27. The predicted octanol–water partition coefficient (Wildman–Crippen LogP) is 5.30. The van der Waals surface area contributed by atoms with E-state index in [9.17, 15) is 0 Å². The van der Waals surface area contributed by atoms with Gasteiger partial charge in [0.1, 0.15) is 0 Å². The Morgan fingerprint density at radius 2 is 1.47 bits per heavy atom. The molecule has 0 aliphatic rings. The van der Waals surface area contributed by atoms with Crippen LogP contribution in [0, 0.1) is 0 Å². The average molecular weight is 421 g/mol. The maximum atomic E-state index is 5.94. The molecule has 0 atom stereocenters. The van der Waals surface area contributed by atoms with Gasteiger partial charge in [0, 0.05) is 13.4 Å². The lowest BCUT2D eigenvalue weighted by atomic mass is 10.2. The number of nitrogen functional groups attached to an aromatic ring is 1. The third-order valence-corrected chi connectivity index (χ3v) is 3.89.